The molecular formula is C18H14F2N2O3S2. The van der Waals surface area contributed by atoms with Gasteiger partial charge >= 0.3 is 0 Å². The van der Waals surface area contributed by atoms with Gasteiger partial charge in [-0.2, -0.15) is 0 Å². The maximum atomic E-state index is 13.3. The highest BCUT2D eigenvalue weighted by Crippen LogP contribution is 2.26. The molecular weight excluding hydrogens is 394 g/mol. The van der Waals surface area contributed by atoms with E-state index in [1.807, 2.05) is 0 Å². The van der Waals surface area contributed by atoms with Crippen LogP contribution in [0, 0.1) is 11.6 Å². The minimum absolute atomic E-state index is 0.0673. The van der Waals surface area contributed by atoms with Gasteiger partial charge in [0.2, 0.25) is 0 Å². The fourth-order valence-electron chi connectivity index (χ4n) is 2.29. The van der Waals surface area contributed by atoms with Gasteiger partial charge < -0.3 is 0 Å². The molecule has 0 aliphatic rings. The number of carbonyl (C=O) groups excluding carboxylic acids is 1. The molecule has 27 heavy (non-hydrogen) atoms. The SMILES string of the molecule is CCS(=O)(=O)c1cccc(C(=O)Nc2nc(-c3ccc(F)c(F)c3)cs2)c1. The summed E-state index contributed by atoms with van der Waals surface area (Å²) < 4.78 is 50.3. The number of nitrogens with one attached hydrogen (secondary N) is 1. The van der Waals surface area contributed by atoms with Crippen molar-refractivity contribution in [1.29, 1.82) is 0 Å². The molecule has 0 aliphatic heterocycles. The standard InChI is InChI=1S/C18H14F2N2O3S2/c1-2-27(24,25)13-5-3-4-12(8-13)17(23)22-18-21-16(10-26-18)11-6-7-14(19)15(20)9-11/h3-10H,2H2,1H3,(H,21,22,23). The van der Waals surface area contributed by atoms with Crippen LogP contribution >= 0.6 is 11.3 Å². The average molecular weight is 408 g/mol. The third-order valence-corrected chi connectivity index (χ3v) is 6.27. The maximum Gasteiger partial charge on any atom is 0.257 e. The molecule has 0 aliphatic carbocycles. The molecule has 0 radical (unpaired) electrons. The normalized spacial score (nSPS) is 11.4. The Bertz CT molecular complexity index is 1110. The Morgan fingerprint density at radius 3 is 2.63 bits per heavy atom. The van der Waals surface area contributed by atoms with Crippen LogP contribution in [-0.2, 0) is 9.84 Å². The highest BCUT2D eigenvalue weighted by atomic mass is 32.2. The molecule has 3 aromatic rings. The van der Waals surface area contributed by atoms with Crippen LogP contribution in [0.4, 0.5) is 13.9 Å². The first-order chi connectivity index (χ1) is 12.8. The predicted molar refractivity (Wildman–Crippen MR) is 99.6 cm³/mol. The molecule has 140 valence electrons. The Balaban J connectivity index is 1.80. The summed E-state index contributed by atoms with van der Waals surface area (Å²) in [6.45, 7) is 1.53. The number of anilines is 1. The van der Waals surface area contributed by atoms with Crippen molar-refractivity contribution < 1.29 is 22.0 Å². The second-order valence-corrected chi connectivity index (χ2v) is 8.69. The van der Waals surface area contributed by atoms with Crippen LogP contribution in [0.15, 0.2) is 52.7 Å². The number of halogens is 2. The van der Waals surface area contributed by atoms with Crippen molar-refractivity contribution in [3.63, 3.8) is 0 Å². The second-order valence-electron chi connectivity index (χ2n) is 5.55. The number of hydrogen-bond acceptors (Lipinski definition) is 5. The van der Waals surface area contributed by atoms with Crippen LogP contribution < -0.4 is 5.32 Å². The lowest BCUT2D eigenvalue weighted by Crippen LogP contribution is -2.13. The van der Waals surface area contributed by atoms with E-state index < -0.39 is 27.4 Å². The van der Waals surface area contributed by atoms with Gasteiger partial charge in [0.25, 0.3) is 5.91 Å². The lowest BCUT2D eigenvalue weighted by molar-refractivity contribution is 0.102. The van der Waals surface area contributed by atoms with Gasteiger partial charge in [-0.1, -0.05) is 13.0 Å². The summed E-state index contributed by atoms with van der Waals surface area (Å²) >= 11 is 1.11. The molecule has 1 N–H and O–H groups in total. The van der Waals surface area contributed by atoms with Gasteiger partial charge in [-0.15, -0.1) is 11.3 Å². The number of amides is 1. The summed E-state index contributed by atoms with van der Waals surface area (Å²) in [6.07, 6.45) is 0. The second kappa shape index (κ2) is 7.53. The van der Waals surface area contributed by atoms with Crippen molar-refractivity contribution in [2.45, 2.75) is 11.8 Å². The smallest absolute Gasteiger partial charge is 0.257 e. The molecule has 3 rings (SSSR count). The van der Waals surface area contributed by atoms with Gasteiger partial charge in [-0.3, -0.25) is 10.1 Å². The summed E-state index contributed by atoms with van der Waals surface area (Å²) in [5.41, 5.74) is 0.937. The molecule has 0 bridgehead atoms. The van der Waals surface area contributed by atoms with Crippen molar-refractivity contribution in [1.82, 2.24) is 4.98 Å². The van der Waals surface area contributed by atoms with Gasteiger partial charge in [-0.05, 0) is 36.4 Å². The number of nitrogens with zero attached hydrogens (tertiary/aromatic N) is 1. The molecule has 0 unspecified atom stereocenters. The first-order valence-electron chi connectivity index (χ1n) is 7.85. The van der Waals surface area contributed by atoms with E-state index in [9.17, 15) is 22.0 Å². The number of hydrogen-bond donors (Lipinski definition) is 1. The molecule has 5 nitrogen and oxygen atoms in total. The number of benzene rings is 2. The fourth-order valence-corrected chi connectivity index (χ4v) is 3.93. The van der Waals surface area contributed by atoms with Crippen LogP contribution in [0.25, 0.3) is 11.3 Å². The first kappa shape index (κ1) is 19.1. The van der Waals surface area contributed by atoms with E-state index in [1.165, 1.54) is 37.3 Å². The molecule has 2 aromatic carbocycles. The minimum atomic E-state index is -3.43. The molecule has 0 spiro atoms. The molecule has 9 heteroatoms. The highest BCUT2D eigenvalue weighted by molar-refractivity contribution is 7.91. The van der Waals surface area contributed by atoms with Crippen molar-refractivity contribution in [3.8, 4) is 11.3 Å². The van der Waals surface area contributed by atoms with E-state index in [4.69, 9.17) is 0 Å². The van der Waals surface area contributed by atoms with Crippen molar-refractivity contribution in [2.75, 3.05) is 11.1 Å². The highest BCUT2D eigenvalue weighted by Gasteiger charge is 2.16. The molecule has 1 amide bonds. The number of carbonyl (C=O) groups is 1. The molecule has 0 saturated carbocycles. The summed E-state index contributed by atoms with van der Waals surface area (Å²) in [5, 5.41) is 4.43. The van der Waals surface area contributed by atoms with Crippen LogP contribution in [0.1, 0.15) is 17.3 Å². The van der Waals surface area contributed by atoms with Crippen LogP contribution in [0.5, 0.6) is 0 Å². The number of rotatable bonds is 5. The van der Waals surface area contributed by atoms with E-state index in [0.29, 0.717) is 11.3 Å². The monoisotopic (exact) mass is 408 g/mol. The summed E-state index contributed by atoms with van der Waals surface area (Å²) in [5.74, 6) is -2.53. The Morgan fingerprint density at radius 2 is 1.93 bits per heavy atom. The van der Waals surface area contributed by atoms with E-state index >= 15 is 0 Å². The van der Waals surface area contributed by atoms with Crippen molar-refractivity contribution in [3.05, 3.63) is 65.0 Å². The lowest BCUT2D eigenvalue weighted by Gasteiger charge is -2.05. The molecule has 0 saturated heterocycles. The number of aromatic nitrogens is 1. The Morgan fingerprint density at radius 1 is 1.15 bits per heavy atom. The van der Waals surface area contributed by atoms with Crippen LogP contribution in [0.2, 0.25) is 0 Å². The number of thiazole rings is 1. The zero-order valence-corrected chi connectivity index (χ0v) is 15.7. The third kappa shape index (κ3) is 4.20. The summed E-state index contributed by atoms with van der Waals surface area (Å²) in [7, 11) is -3.43. The third-order valence-electron chi connectivity index (χ3n) is 3.78. The van der Waals surface area contributed by atoms with E-state index in [2.05, 4.69) is 10.3 Å². The average Bonchev–Trinajstić information content (AvgIpc) is 3.12. The summed E-state index contributed by atoms with van der Waals surface area (Å²) in [4.78, 5) is 16.6. The zero-order chi connectivity index (χ0) is 19.6. The Labute approximate surface area is 158 Å². The van der Waals surface area contributed by atoms with Crippen LogP contribution in [0.3, 0.4) is 0 Å². The van der Waals surface area contributed by atoms with Gasteiger partial charge in [0, 0.05) is 16.5 Å². The van der Waals surface area contributed by atoms with E-state index in [1.54, 1.807) is 5.38 Å². The molecule has 1 heterocycles. The summed E-state index contributed by atoms with van der Waals surface area (Å²) in [6, 6.07) is 9.13. The molecule has 0 atom stereocenters. The topological polar surface area (TPSA) is 76.1 Å². The van der Waals surface area contributed by atoms with Crippen molar-refractivity contribution >= 4 is 32.2 Å². The van der Waals surface area contributed by atoms with Crippen molar-refractivity contribution in [2.24, 2.45) is 0 Å². The Kier molecular flexibility index (Phi) is 5.33. The minimum Gasteiger partial charge on any atom is -0.298 e. The first-order valence-corrected chi connectivity index (χ1v) is 10.4. The van der Waals surface area contributed by atoms with Gasteiger partial charge in [0.15, 0.2) is 26.6 Å². The lowest BCUT2D eigenvalue weighted by atomic mass is 10.2. The quantitative estimate of drug-likeness (QED) is 0.689. The number of sulfone groups is 1. The van der Waals surface area contributed by atoms with Crippen LogP contribution in [-0.4, -0.2) is 25.1 Å². The van der Waals surface area contributed by atoms with Gasteiger partial charge in [-0.25, -0.2) is 22.2 Å². The predicted octanol–water partition coefficient (Wildman–Crippen LogP) is 4.13. The molecule has 1 aromatic heterocycles. The zero-order valence-electron chi connectivity index (χ0n) is 14.1. The maximum absolute atomic E-state index is 13.3. The van der Waals surface area contributed by atoms with Gasteiger partial charge in [0.1, 0.15) is 0 Å². The van der Waals surface area contributed by atoms with E-state index in [0.717, 1.165) is 23.5 Å². The van der Waals surface area contributed by atoms with Gasteiger partial charge in [0.05, 0.1) is 16.3 Å². The molecule has 0 fully saturated rings. The van der Waals surface area contributed by atoms with E-state index in [-0.39, 0.29) is 21.3 Å². The largest absolute Gasteiger partial charge is 0.298 e. The Hall–Kier alpha value is -2.65. The fraction of sp³-hybridized carbons (Fsp3) is 0.111.